The SMILES string of the molecule is CSC1O[C@H]([C@H](NC(=O)C(F)(F)F)[C@@H](C)OS(C)(=O)=O)C(C)[C@@H](C)[C@H]1C.CSC1O[C@H]([C@H](NC(=O)C(F)(F)F)[C@H](C)Sc2ccc(-c3cncnc3)cc2)C(C)[C@@H](C)[C@H]1C.O=CO[O-].Sc1ccc(-c2cncnc2)cc1.[H-].[K+].[K+]. The fraction of sp³-hybridized carbons (Fsp3) is 0.540. The second-order valence-corrected chi connectivity index (χ2v) is 23.8. The number of thiol groups is 1. The largest absolute Gasteiger partial charge is 1.00 e. The molecule has 4 unspecified atom stereocenters. The Morgan fingerprint density at radius 3 is 1.37 bits per heavy atom. The van der Waals surface area contributed by atoms with Gasteiger partial charge in [-0.25, -0.2) is 19.9 Å². The molecule has 29 heteroatoms. The molecule has 2 aromatic heterocycles. The van der Waals surface area contributed by atoms with Gasteiger partial charge < -0.3 is 31.7 Å². The Bertz CT molecular complexity index is 2550. The molecule has 0 bridgehead atoms. The molecule has 2 aliphatic heterocycles. The molecule has 0 aliphatic carbocycles. The molecule has 2 amide bonds. The third-order valence-corrected chi connectivity index (χ3v) is 17.5. The number of carbonyl (C=O) groups excluding carboxylic acids is 3. The summed E-state index contributed by atoms with van der Waals surface area (Å²) in [6.07, 6.45) is 1.89. The molecule has 2 aromatic carbocycles. The van der Waals surface area contributed by atoms with Crippen LogP contribution in [-0.2, 0) is 43.0 Å². The molecule has 2 aliphatic rings. The van der Waals surface area contributed by atoms with E-state index in [1.165, 1.54) is 43.1 Å². The van der Waals surface area contributed by atoms with Crippen LogP contribution in [-0.4, -0.2) is 124 Å². The first-order chi connectivity index (χ1) is 36.0. The van der Waals surface area contributed by atoms with Gasteiger partial charge in [0, 0.05) is 51.0 Å². The van der Waals surface area contributed by atoms with Gasteiger partial charge >= 0.3 is 127 Å². The first-order valence-corrected chi connectivity index (χ1v) is 29.5. The van der Waals surface area contributed by atoms with Crippen LogP contribution in [0.1, 0.15) is 56.8 Å². The van der Waals surface area contributed by atoms with E-state index in [9.17, 15) is 44.3 Å². The molecule has 2 N–H and O–H groups in total. The van der Waals surface area contributed by atoms with Gasteiger partial charge in [0.25, 0.3) is 16.6 Å². The zero-order valence-corrected chi connectivity index (χ0v) is 56.4. The summed E-state index contributed by atoms with van der Waals surface area (Å²) in [5, 5.41) is 12.2. The van der Waals surface area contributed by atoms with Crippen LogP contribution in [0.25, 0.3) is 22.3 Å². The number of rotatable bonds is 15. The zero-order chi connectivity index (χ0) is 58.0. The van der Waals surface area contributed by atoms with Gasteiger partial charge in [0.2, 0.25) is 0 Å². The van der Waals surface area contributed by atoms with Gasteiger partial charge in [0.15, 0.2) is 0 Å². The van der Waals surface area contributed by atoms with Crippen LogP contribution in [0, 0.1) is 35.5 Å². The van der Waals surface area contributed by atoms with Crippen molar-refractivity contribution in [2.75, 3.05) is 18.8 Å². The molecule has 14 atom stereocenters. The van der Waals surface area contributed by atoms with Crippen LogP contribution in [0.3, 0.4) is 0 Å². The van der Waals surface area contributed by atoms with E-state index in [0.717, 1.165) is 38.3 Å². The predicted octanol–water partition coefficient (Wildman–Crippen LogP) is 3.05. The Morgan fingerprint density at radius 1 is 0.671 bits per heavy atom. The number of hydrogen-bond donors (Lipinski definition) is 3. The topological polar surface area (TPSA) is 221 Å². The van der Waals surface area contributed by atoms with E-state index in [0.29, 0.717) is 0 Å². The normalized spacial score (nSPS) is 24.3. The van der Waals surface area contributed by atoms with Crippen molar-refractivity contribution < 1.29 is 177 Å². The minimum Gasteiger partial charge on any atom is -1.00 e. The second kappa shape index (κ2) is 36.1. The van der Waals surface area contributed by atoms with Crippen molar-refractivity contribution >= 4 is 76.3 Å². The van der Waals surface area contributed by atoms with Gasteiger partial charge in [-0.15, -0.1) is 47.9 Å². The van der Waals surface area contributed by atoms with Crippen LogP contribution in [0.15, 0.2) is 95.8 Å². The Kier molecular flexibility index (Phi) is 34.8. The quantitative estimate of drug-likeness (QED) is 0.0228. The molecule has 2 saturated heterocycles. The summed E-state index contributed by atoms with van der Waals surface area (Å²) in [7, 11) is -3.93. The first kappa shape index (κ1) is 76.1. The maximum atomic E-state index is 13.2. The minimum atomic E-state index is -5.10. The summed E-state index contributed by atoms with van der Waals surface area (Å²) in [4.78, 5) is 52.5. The van der Waals surface area contributed by atoms with Crippen molar-refractivity contribution in [3.63, 3.8) is 0 Å². The summed E-state index contributed by atoms with van der Waals surface area (Å²) >= 11 is 8.59. The number of nitrogens with zero attached hydrogens (tertiary/aromatic N) is 4. The molecule has 4 heterocycles. The number of aromatic nitrogens is 4. The molecule has 79 heavy (non-hydrogen) atoms. The van der Waals surface area contributed by atoms with Crippen molar-refractivity contribution in [3.8, 4) is 22.3 Å². The van der Waals surface area contributed by atoms with Crippen LogP contribution in [0.2, 0.25) is 0 Å². The average Bonchev–Trinajstić information content (AvgIpc) is 3.39. The molecule has 430 valence electrons. The van der Waals surface area contributed by atoms with Crippen molar-refractivity contribution in [1.82, 2.24) is 30.6 Å². The van der Waals surface area contributed by atoms with Crippen molar-refractivity contribution in [1.29, 1.82) is 0 Å². The van der Waals surface area contributed by atoms with E-state index in [1.54, 1.807) is 36.5 Å². The van der Waals surface area contributed by atoms with Crippen molar-refractivity contribution in [2.24, 2.45) is 35.5 Å². The number of carbonyl (C=O) groups is 3. The first-order valence-electron chi connectivity index (χ1n) is 23.8. The van der Waals surface area contributed by atoms with Crippen LogP contribution in [0.4, 0.5) is 26.3 Å². The Balaban J connectivity index is 0.00000119. The number of halogens is 6. The number of ether oxygens (including phenoxy) is 2. The minimum absolute atomic E-state index is 0. The summed E-state index contributed by atoms with van der Waals surface area (Å²) < 4.78 is 118. The van der Waals surface area contributed by atoms with E-state index in [1.807, 2.05) is 101 Å². The molecule has 6 rings (SSSR count). The molecule has 2 fully saturated rings. The number of thioether (sulfide) groups is 3. The van der Waals surface area contributed by atoms with Gasteiger partial charge in [0.05, 0.1) is 36.7 Å². The summed E-state index contributed by atoms with van der Waals surface area (Å²) in [6.45, 7) is 14.9. The summed E-state index contributed by atoms with van der Waals surface area (Å²) in [5.41, 5.74) is 3.51. The van der Waals surface area contributed by atoms with Crippen LogP contribution in [0.5, 0.6) is 0 Å². The molecule has 0 spiro atoms. The van der Waals surface area contributed by atoms with E-state index < -0.39 is 64.7 Å². The van der Waals surface area contributed by atoms with Crippen molar-refractivity contribution in [3.05, 3.63) is 86.0 Å². The number of alkyl halides is 6. The average molecular weight is 1260 g/mol. The van der Waals surface area contributed by atoms with Gasteiger partial charge in [-0.05, 0) is 90.3 Å². The molecular weight excluding hydrogens is 1200 g/mol. The molecule has 0 saturated carbocycles. The number of nitrogens with one attached hydrogen (secondary N) is 2. The molecule has 0 radical (unpaired) electrons. The van der Waals surface area contributed by atoms with E-state index >= 15 is 0 Å². The fourth-order valence-electron chi connectivity index (χ4n) is 8.52. The maximum Gasteiger partial charge on any atom is 1.00 e. The molecule has 4 aromatic rings. The van der Waals surface area contributed by atoms with Crippen LogP contribution >= 0.6 is 47.9 Å². The Hall–Kier alpha value is -0.947. The summed E-state index contributed by atoms with van der Waals surface area (Å²) in [6, 6.07) is 13.5. The third kappa shape index (κ3) is 24.5. The van der Waals surface area contributed by atoms with E-state index in [-0.39, 0.29) is 162 Å². The van der Waals surface area contributed by atoms with Crippen LogP contribution < -0.4 is 119 Å². The van der Waals surface area contributed by atoms with E-state index in [2.05, 4.69) is 56.6 Å². The summed E-state index contributed by atoms with van der Waals surface area (Å²) in [5.74, 6) is -3.65. The Labute approximate surface area is 563 Å². The number of benzene rings is 2. The monoisotopic (exact) mass is 1260 g/mol. The maximum absolute atomic E-state index is 13.2. The second-order valence-electron chi connectivity index (χ2n) is 18.4. The van der Waals surface area contributed by atoms with Gasteiger partial charge in [-0.3, -0.25) is 18.6 Å². The zero-order valence-electron chi connectivity index (χ0n) is 47.0. The number of hydrogen-bond acceptors (Lipinski definition) is 18. The molecular formula is C50H66F6K2N6O10S5. The number of amides is 2. The standard InChI is InChI=1S/C24H30F3N3O2S2.C15H26F3NO5S2.C10H8N2S.CH2O3.2K.H/c1-13-14(2)21(32-22(33-5)15(13)3)20(30-23(31)24(25,26)27)16(4)34-19-8-6-17(7-9-19)18-10-28-12-29-11-18;1-7-8(2)12(23-13(25-5)9(7)3)11(10(4)24-26(6,21)22)19-14(20)15(16,17)18;13-10-3-1-8(2-4-10)9-5-11-7-12-6-9;2-1-4-3;;;/h6-16,20-22H,1-5H3,(H,30,31);7-13H,1-6H3,(H,19,20);1-7,13H;1,3H;;;/q;;;;2*+1;-1/p-1/t13-,14?,15-,16+,20-,21+,22?;7-,8?,9-,10-,11-,12+,13?;;;;;/m11...../s1. The van der Waals surface area contributed by atoms with Gasteiger partial charge in [-0.2, -0.15) is 34.8 Å². The smallest absolute Gasteiger partial charge is 1.00 e. The third-order valence-electron chi connectivity index (χ3n) is 13.3. The molecule has 16 nitrogen and oxygen atoms in total. The predicted molar refractivity (Wildman–Crippen MR) is 286 cm³/mol. The Morgan fingerprint density at radius 2 is 1.03 bits per heavy atom. The van der Waals surface area contributed by atoms with Crippen molar-refractivity contribution in [2.45, 2.75) is 124 Å². The van der Waals surface area contributed by atoms with E-state index in [4.69, 9.17) is 23.7 Å². The van der Waals surface area contributed by atoms with Gasteiger partial charge in [0.1, 0.15) is 23.5 Å². The van der Waals surface area contributed by atoms with Gasteiger partial charge in [-0.1, -0.05) is 72.7 Å². The fourth-order valence-corrected chi connectivity index (χ4v) is 12.3.